The molecular formula is C18H13N3O5S. The normalized spacial score (nSPS) is 14.2. The number of aromatic carboxylic acids is 1. The second kappa shape index (κ2) is 5.78. The van der Waals surface area contributed by atoms with Crippen molar-refractivity contribution in [3.8, 4) is 16.9 Å². The van der Waals surface area contributed by atoms with E-state index in [0.29, 0.717) is 11.4 Å². The number of carboxylic acid groups (broad SMARTS) is 1. The molecule has 0 bridgehead atoms. The third-order valence-electron chi connectivity index (χ3n) is 4.37. The molecule has 1 amide bonds. The summed E-state index contributed by atoms with van der Waals surface area (Å²) in [7, 11) is -3.97. The van der Waals surface area contributed by atoms with Crippen LogP contribution in [0.25, 0.3) is 16.9 Å². The van der Waals surface area contributed by atoms with Crippen LogP contribution in [-0.2, 0) is 15.6 Å². The van der Waals surface area contributed by atoms with Gasteiger partial charge in [-0.25, -0.2) is 17.9 Å². The highest BCUT2D eigenvalue weighted by Crippen LogP contribution is 2.42. The molecule has 0 unspecified atom stereocenters. The van der Waals surface area contributed by atoms with Gasteiger partial charge in [0.25, 0.3) is 0 Å². The van der Waals surface area contributed by atoms with E-state index >= 15 is 0 Å². The molecule has 0 saturated carbocycles. The fraction of sp³-hybridized carbons (Fsp3) is 0.0556. The lowest BCUT2D eigenvalue weighted by molar-refractivity contribution is 0.0689. The summed E-state index contributed by atoms with van der Waals surface area (Å²) in [6, 6.07) is 13.1. The Balaban J connectivity index is 2.15. The van der Waals surface area contributed by atoms with Crippen molar-refractivity contribution in [2.24, 2.45) is 5.73 Å². The Morgan fingerprint density at radius 3 is 2.41 bits per heavy atom. The number of sulfone groups is 1. The van der Waals surface area contributed by atoms with Crippen molar-refractivity contribution in [2.45, 2.75) is 10.6 Å². The van der Waals surface area contributed by atoms with Crippen LogP contribution >= 0.6 is 0 Å². The van der Waals surface area contributed by atoms with Gasteiger partial charge in [-0.15, -0.1) is 0 Å². The van der Waals surface area contributed by atoms with Crippen molar-refractivity contribution in [3.05, 3.63) is 65.4 Å². The number of fused-ring (bicyclic) bond motifs is 3. The summed E-state index contributed by atoms with van der Waals surface area (Å²) in [6.07, 6.45) is 0. The van der Waals surface area contributed by atoms with Crippen molar-refractivity contribution in [1.29, 1.82) is 0 Å². The highest BCUT2D eigenvalue weighted by Gasteiger charge is 2.38. The zero-order chi connectivity index (χ0) is 19.3. The van der Waals surface area contributed by atoms with Gasteiger partial charge in [-0.1, -0.05) is 30.3 Å². The maximum absolute atomic E-state index is 12.8. The number of carbonyl (C=O) groups is 2. The second-order valence-corrected chi connectivity index (χ2v) is 7.96. The van der Waals surface area contributed by atoms with Gasteiger partial charge in [0.2, 0.25) is 5.91 Å². The van der Waals surface area contributed by atoms with Gasteiger partial charge < -0.3 is 10.8 Å². The average Bonchev–Trinajstić information content (AvgIpc) is 3.00. The van der Waals surface area contributed by atoms with Crippen molar-refractivity contribution in [3.63, 3.8) is 0 Å². The zero-order valence-electron chi connectivity index (χ0n) is 13.8. The van der Waals surface area contributed by atoms with E-state index in [9.17, 15) is 23.1 Å². The molecule has 9 heteroatoms. The molecule has 1 aliphatic heterocycles. The molecule has 1 aromatic heterocycles. The van der Waals surface area contributed by atoms with Crippen LogP contribution in [0, 0.1) is 0 Å². The van der Waals surface area contributed by atoms with E-state index in [4.69, 9.17) is 5.73 Å². The highest BCUT2D eigenvalue weighted by molar-refractivity contribution is 7.91. The SMILES string of the molecule is NC(=O)c1cccc2c1S(=O)(=O)Cc1c(C(=O)O)nn(-c3ccccc3)c1-2. The van der Waals surface area contributed by atoms with Gasteiger partial charge in [0.05, 0.1) is 27.6 Å². The van der Waals surface area contributed by atoms with Gasteiger partial charge in [0, 0.05) is 11.1 Å². The minimum absolute atomic E-state index is 0.0838. The number of nitrogens with zero attached hydrogens (tertiary/aromatic N) is 2. The van der Waals surface area contributed by atoms with Crippen molar-refractivity contribution >= 4 is 21.7 Å². The number of para-hydroxylation sites is 1. The molecule has 0 spiro atoms. The molecule has 2 aromatic carbocycles. The lowest BCUT2D eigenvalue weighted by atomic mass is 10.0. The van der Waals surface area contributed by atoms with Crippen molar-refractivity contribution < 1.29 is 23.1 Å². The van der Waals surface area contributed by atoms with Crippen LogP contribution < -0.4 is 5.73 Å². The van der Waals surface area contributed by atoms with E-state index in [1.165, 1.54) is 22.9 Å². The van der Waals surface area contributed by atoms with E-state index in [0.717, 1.165) is 0 Å². The number of hydrogen-bond acceptors (Lipinski definition) is 5. The quantitative estimate of drug-likeness (QED) is 0.706. The number of aromatic nitrogens is 2. The summed E-state index contributed by atoms with van der Waals surface area (Å²) in [5.41, 5.74) is 6.07. The maximum atomic E-state index is 12.8. The summed E-state index contributed by atoms with van der Waals surface area (Å²) in [4.78, 5) is 23.3. The van der Waals surface area contributed by atoms with Gasteiger partial charge in [-0.2, -0.15) is 5.10 Å². The Labute approximate surface area is 153 Å². The van der Waals surface area contributed by atoms with Crippen LogP contribution in [0.3, 0.4) is 0 Å². The first-order chi connectivity index (χ1) is 12.8. The monoisotopic (exact) mass is 383 g/mol. The van der Waals surface area contributed by atoms with E-state index in [2.05, 4.69) is 5.10 Å². The van der Waals surface area contributed by atoms with E-state index in [-0.39, 0.29) is 27.3 Å². The molecule has 0 fully saturated rings. The molecule has 0 saturated heterocycles. The number of nitrogens with two attached hydrogens (primary N) is 1. The number of benzene rings is 2. The van der Waals surface area contributed by atoms with Gasteiger partial charge in [0.15, 0.2) is 15.5 Å². The van der Waals surface area contributed by atoms with E-state index in [1.54, 1.807) is 30.3 Å². The molecule has 0 atom stereocenters. The molecular weight excluding hydrogens is 370 g/mol. The first-order valence-electron chi connectivity index (χ1n) is 7.88. The van der Waals surface area contributed by atoms with Gasteiger partial charge >= 0.3 is 5.97 Å². The fourth-order valence-electron chi connectivity index (χ4n) is 3.31. The fourth-order valence-corrected chi connectivity index (χ4v) is 5.11. The molecule has 8 nitrogen and oxygen atoms in total. The van der Waals surface area contributed by atoms with Crippen LogP contribution in [0.2, 0.25) is 0 Å². The Morgan fingerprint density at radius 2 is 1.78 bits per heavy atom. The third kappa shape index (κ3) is 2.51. The summed E-state index contributed by atoms with van der Waals surface area (Å²) in [5.74, 6) is -2.78. The Bertz CT molecular complexity index is 1210. The largest absolute Gasteiger partial charge is 0.476 e. The van der Waals surface area contributed by atoms with Crippen LogP contribution in [0.5, 0.6) is 0 Å². The third-order valence-corrected chi connectivity index (χ3v) is 6.10. The van der Waals surface area contributed by atoms with Crippen molar-refractivity contribution in [2.75, 3.05) is 0 Å². The van der Waals surface area contributed by atoms with Crippen LogP contribution in [0.1, 0.15) is 26.4 Å². The molecule has 3 aromatic rings. The predicted molar refractivity (Wildman–Crippen MR) is 95.4 cm³/mol. The van der Waals surface area contributed by atoms with Gasteiger partial charge in [0.1, 0.15) is 0 Å². The van der Waals surface area contributed by atoms with E-state index in [1.807, 2.05) is 0 Å². The Hall–Kier alpha value is -3.46. The molecule has 3 N–H and O–H groups in total. The molecule has 0 radical (unpaired) electrons. The number of rotatable bonds is 3. The summed E-state index contributed by atoms with van der Waals surface area (Å²) >= 11 is 0. The highest BCUT2D eigenvalue weighted by atomic mass is 32.2. The zero-order valence-corrected chi connectivity index (χ0v) is 14.6. The first kappa shape index (κ1) is 17.0. The minimum Gasteiger partial charge on any atom is -0.476 e. The van der Waals surface area contributed by atoms with Gasteiger partial charge in [-0.3, -0.25) is 4.79 Å². The maximum Gasteiger partial charge on any atom is 0.356 e. The van der Waals surface area contributed by atoms with Crippen LogP contribution in [-0.4, -0.2) is 35.2 Å². The van der Waals surface area contributed by atoms with Crippen LogP contribution in [0.15, 0.2) is 53.4 Å². The lowest BCUT2D eigenvalue weighted by Gasteiger charge is -2.20. The minimum atomic E-state index is -3.97. The summed E-state index contributed by atoms with van der Waals surface area (Å²) in [5, 5.41) is 13.7. The van der Waals surface area contributed by atoms with Crippen LogP contribution in [0.4, 0.5) is 0 Å². The number of hydrogen-bond donors (Lipinski definition) is 2. The lowest BCUT2D eigenvalue weighted by Crippen LogP contribution is -2.22. The molecule has 2 heterocycles. The number of amides is 1. The van der Waals surface area contributed by atoms with Gasteiger partial charge in [-0.05, 0) is 18.2 Å². The van der Waals surface area contributed by atoms with E-state index < -0.39 is 27.5 Å². The Kier molecular flexibility index (Phi) is 3.63. The number of primary amides is 1. The number of carboxylic acids is 1. The molecule has 27 heavy (non-hydrogen) atoms. The first-order valence-corrected chi connectivity index (χ1v) is 9.53. The molecule has 4 rings (SSSR count). The second-order valence-electron chi connectivity index (χ2n) is 6.03. The predicted octanol–water partition coefficient (Wildman–Crippen LogP) is 1.62. The summed E-state index contributed by atoms with van der Waals surface area (Å²) in [6.45, 7) is 0. The standard InChI is InChI=1S/C18H13N3O5S/c19-17(22)12-8-4-7-11-15-13(9-27(25,26)16(11)12)14(18(23)24)20-21(15)10-5-2-1-3-6-10/h1-8H,9H2,(H2,19,22)(H,23,24). The number of carbonyl (C=O) groups excluding carboxylic acids is 1. The Morgan fingerprint density at radius 1 is 1.07 bits per heavy atom. The van der Waals surface area contributed by atoms with Crippen molar-refractivity contribution in [1.82, 2.24) is 9.78 Å². The molecule has 0 aliphatic carbocycles. The molecule has 1 aliphatic rings. The smallest absolute Gasteiger partial charge is 0.356 e. The topological polar surface area (TPSA) is 132 Å². The average molecular weight is 383 g/mol. The summed E-state index contributed by atoms with van der Waals surface area (Å²) < 4.78 is 27.1. The molecule has 136 valence electrons.